The minimum absolute atomic E-state index is 0.106. The first-order chi connectivity index (χ1) is 10.3. The van der Waals surface area contributed by atoms with E-state index >= 15 is 0 Å². The Morgan fingerprint density at radius 3 is 2.64 bits per heavy atom. The van der Waals surface area contributed by atoms with Crippen LogP contribution in [0.3, 0.4) is 0 Å². The van der Waals surface area contributed by atoms with Crippen LogP contribution in [0.15, 0.2) is 12.2 Å². The van der Waals surface area contributed by atoms with Crippen molar-refractivity contribution in [1.82, 2.24) is 0 Å². The molecule has 2 aliphatic rings. The number of hydrogen-bond acceptors (Lipinski definition) is 2. The summed E-state index contributed by atoms with van der Waals surface area (Å²) in [6, 6.07) is 0. The summed E-state index contributed by atoms with van der Waals surface area (Å²) < 4.78 is 0. The first kappa shape index (κ1) is 17.4. The van der Waals surface area contributed by atoms with Crippen LogP contribution in [0, 0.1) is 28.6 Å². The van der Waals surface area contributed by atoms with Gasteiger partial charge in [0.15, 0.2) is 0 Å². The molecule has 2 saturated carbocycles. The maximum absolute atomic E-state index is 11.1. The molecule has 0 spiro atoms. The fraction of sp³-hybridized carbons (Fsp3) is 0.800. The van der Waals surface area contributed by atoms with Crippen LogP contribution in [0.4, 0.5) is 0 Å². The number of carbonyl (C=O) groups excluding carboxylic acids is 2. The van der Waals surface area contributed by atoms with E-state index in [0.717, 1.165) is 37.8 Å². The highest BCUT2D eigenvalue weighted by Crippen LogP contribution is 2.61. The molecule has 2 heteroatoms. The Labute approximate surface area is 135 Å². The first-order valence-electron chi connectivity index (χ1n) is 8.91. The molecule has 0 aromatic rings. The minimum Gasteiger partial charge on any atom is -0.303 e. The van der Waals surface area contributed by atoms with Gasteiger partial charge in [0.25, 0.3) is 0 Å². The molecule has 2 nitrogen and oxygen atoms in total. The van der Waals surface area contributed by atoms with E-state index in [0.29, 0.717) is 23.2 Å². The van der Waals surface area contributed by atoms with Crippen LogP contribution >= 0.6 is 0 Å². The van der Waals surface area contributed by atoms with Crippen LogP contribution in [0.2, 0.25) is 0 Å². The largest absolute Gasteiger partial charge is 0.303 e. The van der Waals surface area contributed by atoms with E-state index in [2.05, 4.69) is 27.4 Å². The molecule has 2 fully saturated rings. The zero-order valence-corrected chi connectivity index (χ0v) is 14.6. The van der Waals surface area contributed by atoms with E-state index in [1.165, 1.54) is 31.3 Å². The first-order valence-corrected chi connectivity index (χ1v) is 8.91. The van der Waals surface area contributed by atoms with Crippen molar-refractivity contribution in [1.29, 1.82) is 0 Å². The topological polar surface area (TPSA) is 34.1 Å². The number of hydrogen-bond donors (Lipinski definition) is 0. The SMILES string of the molecule is C=C1CCC2C(C)(C)CCCC2(C)C1CCC(C=O)CC=O. The second-order valence-electron chi connectivity index (χ2n) is 8.53. The third-order valence-electron chi connectivity index (χ3n) is 6.74. The number of rotatable bonds is 6. The molecule has 4 atom stereocenters. The van der Waals surface area contributed by atoms with Crippen molar-refractivity contribution in [3.63, 3.8) is 0 Å². The molecule has 2 aliphatic carbocycles. The lowest BCUT2D eigenvalue weighted by Crippen LogP contribution is -2.49. The highest BCUT2D eigenvalue weighted by molar-refractivity contribution is 5.61. The Morgan fingerprint density at radius 2 is 2.00 bits per heavy atom. The van der Waals surface area contributed by atoms with Crippen molar-refractivity contribution in [2.75, 3.05) is 0 Å². The molecule has 0 bridgehead atoms. The van der Waals surface area contributed by atoms with Gasteiger partial charge in [-0.1, -0.05) is 39.3 Å². The Kier molecular flexibility index (Phi) is 5.29. The van der Waals surface area contributed by atoms with Gasteiger partial charge in [0.1, 0.15) is 12.6 Å². The maximum atomic E-state index is 11.1. The molecule has 22 heavy (non-hydrogen) atoms. The molecule has 0 saturated heterocycles. The lowest BCUT2D eigenvalue weighted by Gasteiger charge is -2.58. The number of aldehydes is 2. The zero-order chi connectivity index (χ0) is 16.4. The third-order valence-corrected chi connectivity index (χ3v) is 6.74. The molecule has 0 N–H and O–H groups in total. The van der Waals surface area contributed by atoms with Crippen molar-refractivity contribution < 1.29 is 9.59 Å². The van der Waals surface area contributed by atoms with Gasteiger partial charge >= 0.3 is 0 Å². The molecule has 4 unspecified atom stereocenters. The van der Waals surface area contributed by atoms with Crippen LogP contribution < -0.4 is 0 Å². The van der Waals surface area contributed by atoms with Crippen molar-refractivity contribution >= 4 is 12.6 Å². The van der Waals surface area contributed by atoms with Gasteiger partial charge in [-0.3, -0.25) is 0 Å². The third kappa shape index (κ3) is 3.21. The Morgan fingerprint density at radius 1 is 1.27 bits per heavy atom. The quantitative estimate of drug-likeness (QED) is 0.513. The Hall–Kier alpha value is -0.920. The van der Waals surface area contributed by atoms with E-state index in [1.54, 1.807) is 0 Å². The van der Waals surface area contributed by atoms with Crippen LogP contribution in [0.1, 0.15) is 72.1 Å². The van der Waals surface area contributed by atoms with Crippen LogP contribution in [-0.4, -0.2) is 12.6 Å². The van der Waals surface area contributed by atoms with Crippen molar-refractivity contribution in [3.8, 4) is 0 Å². The van der Waals surface area contributed by atoms with Gasteiger partial charge in [-0.25, -0.2) is 0 Å². The Bertz CT molecular complexity index is 437. The predicted molar refractivity (Wildman–Crippen MR) is 90.6 cm³/mol. The van der Waals surface area contributed by atoms with Crippen molar-refractivity contribution in [3.05, 3.63) is 12.2 Å². The molecule has 0 amide bonds. The van der Waals surface area contributed by atoms with E-state index in [4.69, 9.17) is 0 Å². The molecular formula is C20H32O2. The fourth-order valence-corrected chi connectivity index (χ4v) is 5.55. The smallest absolute Gasteiger partial charge is 0.123 e. The lowest BCUT2D eigenvalue weighted by molar-refractivity contribution is -0.116. The fourth-order valence-electron chi connectivity index (χ4n) is 5.55. The highest BCUT2D eigenvalue weighted by Gasteiger charge is 2.52. The molecule has 0 aromatic heterocycles. The summed E-state index contributed by atoms with van der Waals surface area (Å²) in [6.07, 6.45) is 10.4. The second kappa shape index (κ2) is 6.68. The van der Waals surface area contributed by atoms with E-state index in [9.17, 15) is 9.59 Å². The van der Waals surface area contributed by atoms with Crippen LogP contribution in [0.25, 0.3) is 0 Å². The summed E-state index contributed by atoms with van der Waals surface area (Å²) in [5.74, 6) is 1.16. The summed E-state index contributed by atoms with van der Waals surface area (Å²) in [7, 11) is 0. The van der Waals surface area contributed by atoms with E-state index < -0.39 is 0 Å². The van der Waals surface area contributed by atoms with Gasteiger partial charge in [-0.15, -0.1) is 0 Å². The molecule has 2 rings (SSSR count). The summed E-state index contributed by atoms with van der Waals surface area (Å²) in [6.45, 7) is 11.7. The second-order valence-corrected chi connectivity index (χ2v) is 8.53. The van der Waals surface area contributed by atoms with Gasteiger partial charge < -0.3 is 9.59 Å². The van der Waals surface area contributed by atoms with Gasteiger partial charge in [-0.05, 0) is 61.2 Å². The number of fused-ring (bicyclic) bond motifs is 1. The minimum atomic E-state index is -0.106. The normalized spacial score (nSPS) is 35.5. The van der Waals surface area contributed by atoms with Gasteiger partial charge in [0.2, 0.25) is 0 Å². The zero-order valence-electron chi connectivity index (χ0n) is 14.6. The van der Waals surface area contributed by atoms with Gasteiger partial charge in [0.05, 0.1) is 0 Å². The summed E-state index contributed by atoms with van der Waals surface area (Å²) in [5.41, 5.74) is 2.12. The summed E-state index contributed by atoms with van der Waals surface area (Å²) in [5, 5.41) is 0. The van der Waals surface area contributed by atoms with Crippen molar-refractivity contribution in [2.45, 2.75) is 72.1 Å². The average molecular weight is 304 g/mol. The number of allylic oxidation sites excluding steroid dienone is 1. The van der Waals surface area contributed by atoms with Crippen molar-refractivity contribution in [2.24, 2.45) is 28.6 Å². The van der Waals surface area contributed by atoms with Gasteiger partial charge in [-0.2, -0.15) is 0 Å². The average Bonchev–Trinajstić information content (AvgIpc) is 2.44. The number of carbonyl (C=O) groups is 2. The monoisotopic (exact) mass is 304 g/mol. The molecular weight excluding hydrogens is 272 g/mol. The van der Waals surface area contributed by atoms with E-state index in [-0.39, 0.29) is 5.92 Å². The van der Waals surface area contributed by atoms with Gasteiger partial charge in [0, 0.05) is 12.3 Å². The van der Waals surface area contributed by atoms with Crippen LogP contribution in [-0.2, 0) is 9.59 Å². The summed E-state index contributed by atoms with van der Waals surface area (Å²) in [4.78, 5) is 21.8. The van der Waals surface area contributed by atoms with Crippen LogP contribution in [0.5, 0.6) is 0 Å². The predicted octanol–water partition coefficient (Wildman–Crippen LogP) is 4.97. The molecule has 0 aliphatic heterocycles. The lowest BCUT2D eigenvalue weighted by atomic mass is 9.47. The molecule has 0 radical (unpaired) electrons. The standard InChI is InChI=1S/C20H32O2/c1-15-6-9-18-19(2,3)11-5-12-20(18,4)17(15)8-7-16(14-22)10-13-21/h13-14,16-18H,1,5-12H2,2-4H3. The maximum Gasteiger partial charge on any atom is 0.123 e. The molecule has 0 aromatic carbocycles. The summed E-state index contributed by atoms with van der Waals surface area (Å²) >= 11 is 0. The Balaban J connectivity index is 2.15. The molecule has 0 heterocycles. The highest BCUT2D eigenvalue weighted by atomic mass is 16.1. The molecule has 124 valence electrons. The van der Waals surface area contributed by atoms with E-state index in [1.807, 2.05) is 0 Å².